The van der Waals surface area contributed by atoms with E-state index in [4.69, 9.17) is 15.5 Å². The quantitative estimate of drug-likeness (QED) is 0.871. The molecule has 0 saturated heterocycles. The second-order valence-electron chi connectivity index (χ2n) is 4.85. The van der Waals surface area contributed by atoms with Crippen LogP contribution in [-0.2, 0) is 23.2 Å². The lowest BCUT2D eigenvalue weighted by atomic mass is 9.95. The molecule has 1 aromatic rings. The summed E-state index contributed by atoms with van der Waals surface area (Å²) in [6, 6.07) is 0. The molecule has 0 unspecified atom stereocenters. The molecule has 1 heterocycles. The Bertz CT molecular complexity index is 427. The first kappa shape index (κ1) is 13.3. The van der Waals surface area contributed by atoms with Crippen molar-refractivity contribution in [3.63, 3.8) is 0 Å². The summed E-state index contributed by atoms with van der Waals surface area (Å²) in [4.78, 5) is 9.25. The topological polar surface area (TPSA) is 61.0 Å². The first-order valence-corrected chi connectivity index (χ1v) is 6.96. The molecule has 2 rings (SSSR count). The highest BCUT2D eigenvalue weighted by molar-refractivity contribution is 5.45. The van der Waals surface area contributed by atoms with Crippen molar-refractivity contribution >= 4 is 5.82 Å². The Morgan fingerprint density at radius 2 is 1.89 bits per heavy atom. The van der Waals surface area contributed by atoms with Crippen LogP contribution < -0.4 is 5.73 Å². The highest BCUT2D eigenvalue weighted by atomic mass is 16.5. The van der Waals surface area contributed by atoms with Gasteiger partial charge in [0.1, 0.15) is 11.4 Å². The van der Waals surface area contributed by atoms with Crippen molar-refractivity contribution in [1.29, 1.82) is 0 Å². The van der Waals surface area contributed by atoms with E-state index in [0.717, 1.165) is 49.2 Å². The van der Waals surface area contributed by atoms with Crippen molar-refractivity contribution in [2.75, 3.05) is 12.3 Å². The average molecular weight is 249 g/mol. The number of anilines is 1. The fraction of sp³-hybridized carbons (Fsp3) is 0.714. The summed E-state index contributed by atoms with van der Waals surface area (Å²) in [5.74, 6) is 1.42. The largest absolute Gasteiger partial charge is 0.383 e. The molecule has 4 heteroatoms. The van der Waals surface area contributed by atoms with Gasteiger partial charge in [0.05, 0.1) is 0 Å². The van der Waals surface area contributed by atoms with Crippen molar-refractivity contribution in [2.45, 2.75) is 58.5 Å². The van der Waals surface area contributed by atoms with Crippen molar-refractivity contribution in [3.05, 3.63) is 17.1 Å². The van der Waals surface area contributed by atoms with Gasteiger partial charge in [-0.05, 0) is 39.0 Å². The molecule has 0 atom stereocenters. The number of rotatable bonds is 5. The van der Waals surface area contributed by atoms with Gasteiger partial charge in [-0.25, -0.2) is 9.97 Å². The summed E-state index contributed by atoms with van der Waals surface area (Å²) in [6.07, 6.45) is 4.91. The first-order chi connectivity index (χ1) is 8.66. The zero-order valence-corrected chi connectivity index (χ0v) is 11.6. The number of aromatic nitrogens is 2. The molecule has 0 aromatic carbocycles. The monoisotopic (exact) mass is 249 g/mol. The third-order valence-corrected chi connectivity index (χ3v) is 3.94. The SMILES string of the molecule is CCOC(CC)(CC)c1nc(N)c2c(n1)CCC2. The Hall–Kier alpha value is -1.16. The molecule has 0 saturated carbocycles. The first-order valence-electron chi connectivity index (χ1n) is 6.96. The van der Waals surface area contributed by atoms with Gasteiger partial charge in [-0.2, -0.15) is 0 Å². The smallest absolute Gasteiger partial charge is 0.162 e. The lowest BCUT2D eigenvalue weighted by molar-refractivity contribution is -0.0571. The van der Waals surface area contributed by atoms with E-state index in [2.05, 4.69) is 18.8 Å². The van der Waals surface area contributed by atoms with Gasteiger partial charge in [-0.1, -0.05) is 13.8 Å². The van der Waals surface area contributed by atoms with E-state index in [1.807, 2.05) is 6.92 Å². The number of fused-ring (bicyclic) bond motifs is 1. The Morgan fingerprint density at radius 3 is 2.50 bits per heavy atom. The van der Waals surface area contributed by atoms with Crippen LogP contribution in [0.5, 0.6) is 0 Å². The summed E-state index contributed by atoms with van der Waals surface area (Å²) in [7, 11) is 0. The van der Waals surface area contributed by atoms with Gasteiger partial charge in [-0.15, -0.1) is 0 Å². The van der Waals surface area contributed by atoms with Gasteiger partial charge in [0.2, 0.25) is 0 Å². The van der Waals surface area contributed by atoms with Crippen LogP contribution in [0.1, 0.15) is 57.1 Å². The molecule has 0 aliphatic heterocycles. The number of nitrogens with zero attached hydrogens (tertiary/aromatic N) is 2. The van der Waals surface area contributed by atoms with E-state index in [1.54, 1.807) is 0 Å². The summed E-state index contributed by atoms with van der Waals surface area (Å²) in [5.41, 5.74) is 7.97. The molecule has 18 heavy (non-hydrogen) atoms. The number of aryl methyl sites for hydroxylation is 1. The van der Waals surface area contributed by atoms with Gasteiger partial charge in [0.15, 0.2) is 5.82 Å². The van der Waals surface area contributed by atoms with Crippen LogP contribution >= 0.6 is 0 Å². The summed E-state index contributed by atoms with van der Waals surface area (Å²) in [6.45, 7) is 6.91. The van der Waals surface area contributed by atoms with Crippen molar-refractivity contribution < 1.29 is 4.74 Å². The summed E-state index contributed by atoms with van der Waals surface area (Å²) < 4.78 is 5.95. The number of nitrogen functional groups attached to an aromatic ring is 1. The zero-order valence-electron chi connectivity index (χ0n) is 11.6. The molecule has 100 valence electrons. The minimum Gasteiger partial charge on any atom is -0.383 e. The molecule has 1 aliphatic carbocycles. The minimum absolute atomic E-state index is 0.375. The van der Waals surface area contributed by atoms with Crippen molar-refractivity contribution in [3.8, 4) is 0 Å². The van der Waals surface area contributed by atoms with Gasteiger partial charge >= 0.3 is 0 Å². The van der Waals surface area contributed by atoms with E-state index in [9.17, 15) is 0 Å². The van der Waals surface area contributed by atoms with E-state index < -0.39 is 0 Å². The van der Waals surface area contributed by atoms with Crippen LogP contribution in [0.25, 0.3) is 0 Å². The zero-order chi connectivity index (χ0) is 13.2. The molecule has 0 radical (unpaired) electrons. The molecule has 2 N–H and O–H groups in total. The highest BCUT2D eigenvalue weighted by Crippen LogP contribution is 2.33. The number of hydrogen-bond donors (Lipinski definition) is 1. The molecule has 1 aliphatic rings. The molecule has 0 fully saturated rings. The lowest BCUT2D eigenvalue weighted by Crippen LogP contribution is -2.31. The third-order valence-electron chi connectivity index (χ3n) is 3.94. The predicted molar refractivity (Wildman–Crippen MR) is 72.4 cm³/mol. The van der Waals surface area contributed by atoms with E-state index in [0.29, 0.717) is 12.4 Å². The van der Waals surface area contributed by atoms with Gasteiger partial charge in [0.25, 0.3) is 0 Å². The minimum atomic E-state index is -0.375. The summed E-state index contributed by atoms with van der Waals surface area (Å²) in [5, 5.41) is 0. The van der Waals surface area contributed by atoms with Crippen LogP contribution in [0.15, 0.2) is 0 Å². The number of ether oxygens (including phenoxy) is 1. The second-order valence-corrected chi connectivity index (χ2v) is 4.85. The molecule has 0 spiro atoms. The molecular formula is C14H23N3O. The predicted octanol–water partition coefficient (Wildman–Crippen LogP) is 2.60. The Morgan fingerprint density at radius 1 is 1.17 bits per heavy atom. The van der Waals surface area contributed by atoms with Crippen LogP contribution in [0.2, 0.25) is 0 Å². The molecule has 0 amide bonds. The van der Waals surface area contributed by atoms with Crippen LogP contribution in [0, 0.1) is 0 Å². The van der Waals surface area contributed by atoms with E-state index in [1.165, 1.54) is 0 Å². The van der Waals surface area contributed by atoms with E-state index >= 15 is 0 Å². The normalized spacial score (nSPS) is 14.8. The van der Waals surface area contributed by atoms with Crippen LogP contribution in [-0.4, -0.2) is 16.6 Å². The number of hydrogen-bond acceptors (Lipinski definition) is 4. The fourth-order valence-electron chi connectivity index (χ4n) is 2.78. The maximum atomic E-state index is 6.07. The van der Waals surface area contributed by atoms with Crippen LogP contribution in [0.3, 0.4) is 0 Å². The average Bonchev–Trinajstić information content (AvgIpc) is 2.85. The Labute approximate surface area is 109 Å². The fourth-order valence-corrected chi connectivity index (χ4v) is 2.78. The van der Waals surface area contributed by atoms with Crippen molar-refractivity contribution in [2.24, 2.45) is 0 Å². The Balaban J connectivity index is 2.45. The maximum absolute atomic E-state index is 6.07. The standard InChI is InChI=1S/C14H23N3O/c1-4-14(5-2,18-6-3)13-16-11-9-7-8-10(11)12(15)17-13/h4-9H2,1-3H3,(H2,15,16,17). The maximum Gasteiger partial charge on any atom is 0.162 e. The second kappa shape index (κ2) is 5.22. The van der Waals surface area contributed by atoms with E-state index in [-0.39, 0.29) is 5.60 Å². The van der Waals surface area contributed by atoms with Crippen LogP contribution in [0.4, 0.5) is 5.82 Å². The van der Waals surface area contributed by atoms with Gasteiger partial charge < -0.3 is 10.5 Å². The molecule has 1 aromatic heterocycles. The number of nitrogens with two attached hydrogens (primary N) is 1. The van der Waals surface area contributed by atoms with Crippen molar-refractivity contribution in [1.82, 2.24) is 9.97 Å². The lowest BCUT2D eigenvalue weighted by Gasteiger charge is -2.30. The van der Waals surface area contributed by atoms with Gasteiger partial charge in [0, 0.05) is 17.9 Å². The molecule has 4 nitrogen and oxygen atoms in total. The Kier molecular flexibility index (Phi) is 3.85. The highest BCUT2D eigenvalue weighted by Gasteiger charge is 2.34. The molecular weight excluding hydrogens is 226 g/mol. The molecule has 0 bridgehead atoms. The summed E-state index contributed by atoms with van der Waals surface area (Å²) >= 11 is 0. The third kappa shape index (κ3) is 2.09. The van der Waals surface area contributed by atoms with Gasteiger partial charge in [-0.3, -0.25) is 0 Å².